The third-order valence-electron chi connectivity index (χ3n) is 2.84. The first-order chi connectivity index (χ1) is 9.97. The minimum Gasteiger partial charge on any atom is -0.478 e. The molecule has 6 heteroatoms. The third-order valence-corrected chi connectivity index (χ3v) is 2.84. The first kappa shape index (κ1) is 14.6. The molecule has 2 aromatic rings. The van der Waals surface area contributed by atoms with Crippen molar-refractivity contribution in [3.63, 3.8) is 0 Å². The topological polar surface area (TPSA) is 69.4 Å². The van der Waals surface area contributed by atoms with Gasteiger partial charge < -0.3 is 4.74 Å². The van der Waals surface area contributed by atoms with Crippen LogP contribution in [0.25, 0.3) is 0 Å². The Morgan fingerprint density at radius 2 is 1.90 bits per heavy atom. The molecule has 0 radical (unpaired) electrons. The number of carbonyl (C=O) groups is 1. The fourth-order valence-corrected chi connectivity index (χ4v) is 1.75. The Balaban J connectivity index is 2.11. The Hall–Kier alpha value is -2.76. The van der Waals surface area contributed by atoms with Crippen LogP contribution in [0.15, 0.2) is 42.5 Å². The van der Waals surface area contributed by atoms with Gasteiger partial charge in [-0.05, 0) is 42.8 Å². The summed E-state index contributed by atoms with van der Waals surface area (Å²) in [5, 5.41) is 10.9. The van der Waals surface area contributed by atoms with Crippen LogP contribution in [0, 0.1) is 22.9 Å². The van der Waals surface area contributed by atoms with E-state index in [0.29, 0.717) is 0 Å². The number of nitro groups is 1. The normalized spacial score (nSPS) is 10.2. The van der Waals surface area contributed by atoms with Gasteiger partial charge in [-0.15, -0.1) is 0 Å². The van der Waals surface area contributed by atoms with Crippen molar-refractivity contribution in [3.05, 3.63) is 69.5 Å². The van der Waals surface area contributed by atoms with Gasteiger partial charge in [0.15, 0.2) is 18.1 Å². The molecule has 0 fully saturated rings. The summed E-state index contributed by atoms with van der Waals surface area (Å²) in [5.74, 6) is -0.799. The number of rotatable bonds is 5. The number of benzene rings is 2. The standard InChI is InChI=1S/C15H12FNO4/c1-10-2-7-15(13(8-10)17(19)20)21-9-14(18)11-3-5-12(16)6-4-11/h2-8H,9H2,1H3. The van der Waals surface area contributed by atoms with Gasteiger partial charge in [-0.25, -0.2) is 4.39 Å². The number of Topliss-reactive ketones (excluding diaryl/α,β-unsaturated/α-hetero) is 1. The molecule has 0 heterocycles. The smallest absolute Gasteiger partial charge is 0.311 e. The minimum absolute atomic E-state index is 0.0288. The molecule has 5 nitrogen and oxygen atoms in total. The highest BCUT2D eigenvalue weighted by Gasteiger charge is 2.16. The number of halogens is 1. The molecule has 0 aliphatic carbocycles. The summed E-state index contributed by atoms with van der Waals surface area (Å²) in [5.41, 5.74) is 0.812. The molecule has 0 saturated carbocycles. The van der Waals surface area contributed by atoms with Gasteiger partial charge in [0.05, 0.1) is 4.92 Å². The maximum absolute atomic E-state index is 12.8. The van der Waals surface area contributed by atoms with Crippen LogP contribution in [-0.2, 0) is 0 Å². The van der Waals surface area contributed by atoms with Gasteiger partial charge in [-0.1, -0.05) is 6.07 Å². The highest BCUT2D eigenvalue weighted by atomic mass is 19.1. The van der Waals surface area contributed by atoms with E-state index in [4.69, 9.17) is 4.74 Å². The largest absolute Gasteiger partial charge is 0.478 e. The molecular formula is C15H12FNO4. The molecule has 0 N–H and O–H groups in total. The number of hydrogen-bond acceptors (Lipinski definition) is 4. The van der Waals surface area contributed by atoms with Crippen molar-refractivity contribution in [1.82, 2.24) is 0 Å². The van der Waals surface area contributed by atoms with Crippen LogP contribution in [0.4, 0.5) is 10.1 Å². The lowest BCUT2D eigenvalue weighted by Gasteiger charge is -2.07. The lowest BCUT2D eigenvalue weighted by Crippen LogP contribution is -2.12. The van der Waals surface area contributed by atoms with Crippen molar-refractivity contribution >= 4 is 11.5 Å². The van der Waals surface area contributed by atoms with Crippen LogP contribution in [0.5, 0.6) is 5.75 Å². The van der Waals surface area contributed by atoms with Gasteiger partial charge in [0.25, 0.3) is 0 Å². The molecule has 0 saturated heterocycles. The SMILES string of the molecule is Cc1ccc(OCC(=O)c2ccc(F)cc2)c([N+](=O)[O-])c1. The number of nitro benzene ring substituents is 1. The van der Waals surface area contributed by atoms with Gasteiger partial charge in [0.2, 0.25) is 0 Å². The van der Waals surface area contributed by atoms with Gasteiger partial charge in [0, 0.05) is 11.6 Å². The van der Waals surface area contributed by atoms with Crippen LogP contribution in [0.3, 0.4) is 0 Å². The number of aryl methyl sites for hydroxylation is 1. The number of nitrogens with zero attached hydrogens (tertiary/aromatic N) is 1. The van der Waals surface area contributed by atoms with E-state index < -0.39 is 10.7 Å². The average Bonchev–Trinajstić information content (AvgIpc) is 2.46. The highest BCUT2D eigenvalue weighted by Crippen LogP contribution is 2.27. The summed E-state index contributed by atoms with van der Waals surface area (Å²) >= 11 is 0. The average molecular weight is 289 g/mol. The Kier molecular flexibility index (Phi) is 4.27. The van der Waals surface area contributed by atoms with E-state index >= 15 is 0 Å². The van der Waals surface area contributed by atoms with Gasteiger partial charge >= 0.3 is 5.69 Å². The predicted molar refractivity (Wildman–Crippen MR) is 74.1 cm³/mol. The molecule has 0 unspecified atom stereocenters. The second-order valence-electron chi connectivity index (χ2n) is 4.45. The van der Waals surface area contributed by atoms with Crippen molar-refractivity contribution in [3.8, 4) is 5.75 Å². The lowest BCUT2D eigenvalue weighted by molar-refractivity contribution is -0.385. The number of carbonyl (C=O) groups excluding carboxylic acids is 1. The highest BCUT2D eigenvalue weighted by molar-refractivity contribution is 5.97. The molecule has 108 valence electrons. The fourth-order valence-electron chi connectivity index (χ4n) is 1.75. The molecular weight excluding hydrogens is 277 g/mol. The molecule has 0 amide bonds. The molecule has 0 atom stereocenters. The number of hydrogen-bond donors (Lipinski definition) is 0. The van der Waals surface area contributed by atoms with Gasteiger partial charge in [0.1, 0.15) is 5.82 Å². The maximum Gasteiger partial charge on any atom is 0.311 e. The molecule has 21 heavy (non-hydrogen) atoms. The summed E-state index contributed by atoms with van der Waals surface area (Å²) < 4.78 is 18.0. The van der Waals surface area contributed by atoms with E-state index in [0.717, 1.165) is 5.56 Å². The fraction of sp³-hybridized carbons (Fsp3) is 0.133. The van der Waals surface area contributed by atoms with Crippen LogP contribution in [0.1, 0.15) is 15.9 Å². The maximum atomic E-state index is 12.8. The van der Waals surface area contributed by atoms with E-state index in [1.807, 2.05) is 0 Å². The molecule has 0 aromatic heterocycles. The van der Waals surface area contributed by atoms with Crippen molar-refractivity contribution in [1.29, 1.82) is 0 Å². The third kappa shape index (κ3) is 3.62. The number of ketones is 1. The number of ether oxygens (including phenoxy) is 1. The zero-order valence-corrected chi connectivity index (χ0v) is 11.2. The second kappa shape index (κ2) is 6.13. The summed E-state index contributed by atoms with van der Waals surface area (Å²) in [4.78, 5) is 22.2. The molecule has 2 aromatic carbocycles. The Morgan fingerprint density at radius 3 is 2.52 bits per heavy atom. The van der Waals surface area contributed by atoms with Crippen LogP contribution >= 0.6 is 0 Å². The molecule has 0 spiro atoms. The summed E-state index contributed by atoms with van der Waals surface area (Å²) in [6, 6.07) is 9.49. The van der Waals surface area contributed by atoms with Crippen molar-refractivity contribution < 1.29 is 18.8 Å². The zero-order valence-electron chi connectivity index (χ0n) is 11.2. The Bertz CT molecular complexity index is 683. The summed E-state index contributed by atoms with van der Waals surface area (Å²) in [6.07, 6.45) is 0. The Morgan fingerprint density at radius 1 is 1.24 bits per heavy atom. The Labute approximate surface area is 120 Å². The second-order valence-corrected chi connectivity index (χ2v) is 4.45. The van der Waals surface area contributed by atoms with Crippen LogP contribution in [-0.4, -0.2) is 17.3 Å². The van der Waals surface area contributed by atoms with E-state index in [1.54, 1.807) is 13.0 Å². The van der Waals surface area contributed by atoms with E-state index in [-0.39, 0.29) is 29.4 Å². The summed E-state index contributed by atoms with van der Waals surface area (Å²) in [6.45, 7) is 1.37. The van der Waals surface area contributed by atoms with Crippen LogP contribution < -0.4 is 4.74 Å². The monoisotopic (exact) mass is 289 g/mol. The molecule has 0 bridgehead atoms. The van der Waals surface area contributed by atoms with E-state index in [9.17, 15) is 19.3 Å². The first-order valence-corrected chi connectivity index (χ1v) is 6.14. The zero-order chi connectivity index (χ0) is 15.4. The van der Waals surface area contributed by atoms with E-state index in [1.165, 1.54) is 36.4 Å². The van der Waals surface area contributed by atoms with Crippen LogP contribution in [0.2, 0.25) is 0 Å². The van der Waals surface area contributed by atoms with E-state index in [2.05, 4.69) is 0 Å². The molecule has 0 aliphatic rings. The quantitative estimate of drug-likeness (QED) is 0.481. The van der Waals surface area contributed by atoms with Gasteiger partial charge in [-0.3, -0.25) is 14.9 Å². The lowest BCUT2D eigenvalue weighted by atomic mass is 10.1. The van der Waals surface area contributed by atoms with Crippen molar-refractivity contribution in [2.75, 3.05) is 6.61 Å². The predicted octanol–water partition coefficient (Wildman–Crippen LogP) is 3.30. The summed E-state index contributed by atoms with van der Waals surface area (Å²) in [7, 11) is 0. The molecule has 0 aliphatic heterocycles. The van der Waals surface area contributed by atoms with Gasteiger partial charge in [-0.2, -0.15) is 0 Å². The first-order valence-electron chi connectivity index (χ1n) is 6.14. The van der Waals surface area contributed by atoms with Crippen molar-refractivity contribution in [2.24, 2.45) is 0 Å². The van der Waals surface area contributed by atoms with Crippen molar-refractivity contribution in [2.45, 2.75) is 6.92 Å². The molecule has 2 rings (SSSR count). The minimum atomic E-state index is -0.565.